The number of para-hydroxylation sites is 3. The van der Waals surface area contributed by atoms with Gasteiger partial charge in [-0.3, -0.25) is 0 Å². The van der Waals surface area contributed by atoms with Gasteiger partial charge < -0.3 is 13.7 Å². The van der Waals surface area contributed by atoms with Gasteiger partial charge in [-0.25, -0.2) is 0 Å². The summed E-state index contributed by atoms with van der Waals surface area (Å²) in [5.41, 5.74) is 11.2. The fraction of sp³-hybridized carbons (Fsp3) is 0. The third-order valence-corrected chi connectivity index (χ3v) is 10.6. The molecule has 2 heterocycles. The SMILES string of the molecule is c1ccc(N(c2ccccc2)c2ccc(-c3ccc(-c4cc5ccccc5c5ccccc45)c4c3oc3ccc5oc6ccccc6c5c34)cc2)cc1. The largest absolute Gasteiger partial charge is 0.456 e. The minimum absolute atomic E-state index is 0.841. The molecule has 0 aliphatic carbocycles. The quantitative estimate of drug-likeness (QED) is 0.170. The van der Waals surface area contributed by atoms with E-state index in [4.69, 9.17) is 8.83 Å². The summed E-state index contributed by atoms with van der Waals surface area (Å²) in [4.78, 5) is 2.29. The van der Waals surface area contributed by atoms with Crippen molar-refractivity contribution in [2.45, 2.75) is 0 Å². The van der Waals surface area contributed by atoms with Crippen LogP contribution >= 0.6 is 0 Å². The lowest BCUT2D eigenvalue weighted by atomic mass is 9.89. The summed E-state index contributed by atoms with van der Waals surface area (Å²) >= 11 is 0. The van der Waals surface area contributed by atoms with Crippen LogP contribution in [0.25, 0.3) is 87.7 Å². The van der Waals surface area contributed by atoms with Gasteiger partial charge in [0.05, 0.1) is 0 Å². The Labute approximate surface area is 305 Å². The molecule has 53 heavy (non-hydrogen) atoms. The van der Waals surface area contributed by atoms with Gasteiger partial charge in [0, 0.05) is 44.2 Å². The minimum atomic E-state index is 0.841. The van der Waals surface area contributed by atoms with Gasteiger partial charge in [0.2, 0.25) is 0 Å². The first-order valence-electron chi connectivity index (χ1n) is 18.0. The van der Waals surface area contributed by atoms with Crippen molar-refractivity contribution in [3.63, 3.8) is 0 Å². The van der Waals surface area contributed by atoms with Crippen LogP contribution in [0, 0.1) is 0 Å². The first-order valence-corrected chi connectivity index (χ1v) is 18.0. The monoisotopic (exact) mass is 677 g/mol. The lowest BCUT2D eigenvalue weighted by Crippen LogP contribution is -2.09. The second-order valence-corrected chi connectivity index (χ2v) is 13.6. The summed E-state index contributed by atoms with van der Waals surface area (Å²) in [6.07, 6.45) is 0. The van der Waals surface area contributed by atoms with E-state index in [0.29, 0.717) is 0 Å². The number of benzene rings is 9. The van der Waals surface area contributed by atoms with Crippen LogP contribution in [0.15, 0.2) is 197 Å². The van der Waals surface area contributed by atoms with Gasteiger partial charge in [0.1, 0.15) is 22.3 Å². The van der Waals surface area contributed by atoms with E-state index in [1.165, 1.54) is 27.1 Å². The lowest BCUT2D eigenvalue weighted by molar-refractivity contribution is 0.663. The van der Waals surface area contributed by atoms with Crippen LogP contribution in [-0.4, -0.2) is 0 Å². The molecule has 0 atom stereocenters. The standard InChI is InChI=1S/C50H31NO2/c1-3-14-34(15-4-1)51(35-16-5-2-6-17-35)36-25-23-32(24-26-36)38-27-28-41(43-31-33-13-7-8-18-37(33)39-19-9-10-20-40(39)43)48-49-46(53-50(38)48)30-29-45-47(49)42-21-11-12-22-44(42)52-45/h1-31H. The smallest absolute Gasteiger partial charge is 0.143 e. The van der Waals surface area contributed by atoms with E-state index in [-0.39, 0.29) is 0 Å². The number of nitrogens with zero attached hydrogens (tertiary/aromatic N) is 1. The molecule has 2 aromatic heterocycles. The van der Waals surface area contributed by atoms with E-state index in [0.717, 1.165) is 77.6 Å². The molecular formula is C50H31NO2. The molecule has 0 spiro atoms. The van der Waals surface area contributed by atoms with E-state index in [1.807, 2.05) is 18.2 Å². The zero-order chi connectivity index (χ0) is 34.9. The Balaban J connectivity index is 1.19. The van der Waals surface area contributed by atoms with E-state index >= 15 is 0 Å². The summed E-state index contributed by atoms with van der Waals surface area (Å²) in [6.45, 7) is 0. The van der Waals surface area contributed by atoms with Crippen molar-refractivity contribution >= 4 is 82.5 Å². The maximum atomic E-state index is 6.99. The predicted octanol–water partition coefficient (Wildman–Crippen LogP) is 14.6. The van der Waals surface area contributed by atoms with Gasteiger partial charge in [0.15, 0.2) is 0 Å². The third-order valence-electron chi connectivity index (χ3n) is 10.6. The molecule has 11 rings (SSSR count). The Hall–Kier alpha value is -7.10. The molecule has 0 radical (unpaired) electrons. The van der Waals surface area contributed by atoms with Crippen LogP contribution in [0.4, 0.5) is 17.1 Å². The molecule has 11 aromatic rings. The van der Waals surface area contributed by atoms with Crippen LogP contribution in [-0.2, 0) is 0 Å². The Bertz CT molecular complexity index is 3120. The maximum absolute atomic E-state index is 6.99. The maximum Gasteiger partial charge on any atom is 0.143 e. The molecular weight excluding hydrogens is 647 g/mol. The molecule has 248 valence electrons. The molecule has 0 saturated carbocycles. The second-order valence-electron chi connectivity index (χ2n) is 13.6. The molecule has 3 nitrogen and oxygen atoms in total. The molecule has 0 unspecified atom stereocenters. The number of hydrogen-bond acceptors (Lipinski definition) is 3. The molecule has 0 aliphatic rings. The molecule has 0 fully saturated rings. The topological polar surface area (TPSA) is 29.5 Å². The van der Waals surface area contributed by atoms with Gasteiger partial charge in [0.25, 0.3) is 0 Å². The highest BCUT2D eigenvalue weighted by molar-refractivity contribution is 6.30. The van der Waals surface area contributed by atoms with Crippen LogP contribution in [0.3, 0.4) is 0 Å². The number of anilines is 3. The molecule has 0 bridgehead atoms. The normalized spacial score (nSPS) is 11.8. The average Bonchev–Trinajstić information content (AvgIpc) is 3.80. The Kier molecular flexibility index (Phi) is 6.55. The summed E-state index contributed by atoms with van der Waals surface area (Å²) < 4.78 is 13.4. The van der Waals surface area contributed by atoms with Crippen LogP contribution in [0.5, 0.6) is 0 Å². The third kappa shape index (κ3) is 4.61. The fourth-order valence-corrected chi connectivity index (χ4v) is 8.30. The molecule has 0 amide bonds. The molecule has 0 saturated heterocycles. The molecule has 0 aliphatic heterocycles. The van der Waals surface area contributed by atoms with Crippen molar-refractivity contribution < 1.29 is 8.83 Å². The highest BCUT2D eigenvalue weighted by Gasteiger charge is 2.23. The highest BCUT2D eigenvalue weighted by atomic mass is 16.3. The minimum Gasteiger partial charge on any atom is -0.456 e. The zero-order valence-electron chi connectivity index (χ0n) is 28.7. The number of fused-ring (bicyclic) bond motifs is 10. The first-order chi connectivity index (χ1) is 26.3. The average molecular weight is 678 g/mol. The van der Waals surface area contributed by atoms with E-state index in [1.54, 1.807) is 0 Å². The van der Waals surface area contributed by atoms with Crippen molar-refractivity contribution in [3.8, 4) is 22.3 Å². The van der Waals surface area contributed by atoms with Gasteiger partial charge in [-0.1, -0.05) is 121 Å². The van der Waals surface area contributed by atoms with Gasteiger partial charge >= 0.3 is 0 Å². The van der Waals surface area contributed by atoms with Gasteiger partial charge in [-0.15, -0.1) is 0 Å². The Morgan fingerprint density at radius 1 is 0.321 bits per heavy atom. The fourth-order valence-electron chi connectivity index (χ4n) is 8.30. The second kappa shape index (κ2) is 11.7. The van der Waals surface area contributed by atoms with Crippen molar-refractivity contribution in [3.05, 3.63) is 188 Å². The van der Waals surface area contributed by atoms with Crippen molar-refractivity contribution in [2.75, 3.05) is 4.90 Å². The van der Waals surface area contributed by atoms with Crippen molar-refractivity contribution in [1.82, 2.24) is 0 Å². The van der Waals surface area contributed by atoms with E-state index in [9.17, 15) is 0 Å². The summed E-state index contributed by atoms with van der Waals surface area (Å²) in [6, 6.07) is 66.5. The van der Waals surface area contributed by atoms with E-state index in [2.05, 4.69) is 175 Å². The van der Waals surface area contributed by atoms with E-state index < -0.39 is 0 Å². The summed E-state index contributed by atoms with van der Waals surface area (Å²) in [5, 5.41) is 9.24. The van der Waals surface area contributed by atoms with Gasteiger partial charge in [-0.2, -0.15) is 0 Å². The highest BCUT2D eigenvalue weighted by Crippen LogP contribution is 2.48. The molecule has 9 aromatic carbocycles. The number of rotatable bonds is 5. The molecule has 0 N–H and O–H groups in total. The van der Waals surface area contributed by atoms with Crippen molar-refractivity contribution in [2.24, 2.45) is 0 Å². The summed E-state index contributed by atoms with van der Waals surface area (Å²) in [5.74, 6) is 0. The number of hydrogen-bond donors (Lipinski definition) is 0. The lowest BCUT2D eigenvalue weighted by Gasteiger charge is -2.25. The van der Waals surface area contributed by atoms with Crippen LogP contribution in [0.2, 0.25) is 0 Å². The Morgan fingerprint density at radius 2 is 0.887 bits per heavy atom. The van der Waals surface area contributed by atoms with Gasteiger partial charge in [-0.05, 0) is 105 Å². The predicted molar refractivity (Wildman–Crippen MR) is 222 cm³/mol. The van der Waals surface area contributed by atoms with Crippen LogP contribution < -0.4 is 4.90 Å². The van der Waals surface area contributed by atoms with Crippen molar-refractivity contribution in [1.29, 1.82) is 0 Å². The first kappa shape index (κ1) is 29.6. The molecule has 3 heteroatoms. The number of furan rings is 2. The Morgan fingerprint density at radius 3 is 1.62 bits per heavy atom. The zero-order valence-corrected chi connectivity index (χ0v) is 28.7. The summed E-state index contributed by atoms with van der Waals surface area (Å²) in [7, 11) is 0. The van der Waals surface area contributed by atoms with Crippen LogP contribution in [0.1, 0.15) is 0 Å².